The van der Waals surface area contributed by atoms with Crippen molar-refractivity contribution in [2.24, 2.45) is 0 Å². The van der Waals surface area contributed by atoms with Crippen LogP contribution in [0.3, 0.4) is 0 Å². The standard InChI is InChI=1S/C16H21N3O3/c1-4-16(3)14(21)19(15(22)18-16)10-13(20)17-11(2)12-8-6-5-7-9-12/h5-9,11H,4,10H2,1-3H3,(H,17,20)(H,18,22)/t11-,16-/m0/s1. The van der Waals surface area contributed by atoms with Gasteiger partial charge in [0.25, 0.3) is 5.91 Å². The molecule has 1 aromatic carbocycles. The number of carbonyl (C=O) groups excluding carboxylic acids is 3. The van der Waals surface area contributed by atoms with Gasteiger partial charge in [-0.2, -0.15) is 0 Å². The number of urea groups is 1. The summed E-state index contributed by atoms with van der Waals surface area (Å²) < 4.78 is 0. The number of rotatable bonds is 5. The van der Waals surface area contributed by atoms with E-state index in [9.17, 15) is 14.4 Å². The zero-order valence-corrected chi connectivity index (χ0v) is 13.1. The molecule has 0 bridgehead atoms. The Labute approximate surface area is 129 Å². The summed E-state index contributed by atoms with van der Waals surface area (Å²) >= 11 is 0. The zero-order chi connectivity index (χ0) is 16.3. The van der Waals surface area contributed by atoms with Gasteiger partial charge in [-0.25, -0.2) is 4.79 Å². The first-order chi connectivity index (χ1) is 10.4. The molecule has 0 spiro atoms. The van der Waals surface area contributed by atoms with Crippen molar-refractivity contribution in [1.82, 2.24) is 15.5 Å². The minimum Gasteiger partial charge on any atom is -0.348 e. The Balaban J connectivity index is 1.98. The van der Waals surface area contributed by atoms with E-state index < -0.39 is 11.6 Å². The molecule has 6 nitrogen and oxygen atoms in total. The first kappa shape index (κ1) is 16.0. The molecule has 4 amide bonds. The minimum atomic E-state index is -0.914. The summed E-state index contributed by atoms with van der Waals surface area (Å²) in [5, 5.41) is 5.42. The van der Waals surface area contributed by atoms with E-state index in [1.54, 1.807) is 6.92 Å². The van der Waals surface area contributed by atoms with Crippen LogP contribution in [0.5, 0.6) is 0 Å². The van der Waals surface area contributed by atoms with Crippen molar-refractivity contribution in [2.75, 3.05) is 6.54 Å². The summed E-state index contributed by atoms with van der Waals surface area (Å²) in [5.74, 6) is -0.720. The van der Waals surface area contributed by atoms with Crippen molar-refractivity contribution >= 4 is 17.8 Å². The average molecular weight is 303 g/mol. The van der Waals surface area contributed by atoms with Crippen LogP contribution in [-0.4, -0.2) is 34.8 Å². The van der Waals surface area contributed by atoms with Crippen LogP contribution in [0.2, 0.25) is 0 Å². The van der Waals surface area contributed by atoms with E-state index in [1.807, 2.05) is 44.2 Å². The van der Waals surface area contributed by atoms with Crippen molar-refractivity contribution in [1.29, 1.82) is 0 Å². The van der Waals surface area contributed by atoms with Gasteiger partial charge >= 0.3 is 6.03 Å². The van der Waals surface area contributed by atoms with Gasteiger partial charge in [-0.3, -0.25) is 14.5 Å². The number of carbonyl (C=O) groups is 3. The summed E-state index contributed by atoms with van der Waals surface area (Å²) in [6.45, 7) is 5.07. The van der Waals surface area contributed by atoms with Crippen molar-refractivity contribution < 1.29 is 14.4 Å². The molecule has 0 saturated carbocycles. The Hall–Kier alpha value is -2.37. The van der Waals surface area contributed by atoms with E-state index >= 15 is 0 Å². The summed E-state index contributed by atoms with van der Waals surface area (Å²) in [6, 6.07) is 8.80. The highest BCUT2D eigenvalue weighted by atomic mass is 16.2. The maximum absolute atomic E-state index is 12.2. The monoisotopic (exact) mass is 303 g/mol. The normalized spacial score (nSPS) is 22.4. The molecule has 1 aliphatic rings. The molecular formula is C16H21N3O3. The number of hydrogen-bond acceptors (Lipinski definition) is 3. The van der Waals surface area contributed by atoms with Crippen LogP contribution in [0, 0.1) is 0 Å². The van der Waals surface area contributed by atoms with E-state index in [0.717, 1.165) is 10.5 Å². The van der Waals surface area contributed by atoms with Gasteiger partial charge in [0, 0.05) is 0 Å². The lowest BCUT2D eigenvalue weighted by atomic mass is 9.99. The zero-order valence-electron chi connectivity index (χ0n) is 13.1. The Morgan fingerprint density at radius 2 is 1.95 bits per heavy atom. The van der Waals surface area contributed by atoms with Gasteiger partial charge in [0.15, 0.2) is 0 Å². The lowest BCUT2D eigenvalue weighted by molar-refractivity contribution is -0.134. The van der Waals surface area contributed by atoms with E-state index in [-0.39, 0.29) is 24.4 Å². The lowest BCUT2D eigenvalue weighted by Crippen LogP contribution is -2.44. The third-order valence-corrected chi connectivity index (χ3v) is 4.03. The topological polar surface area (TPSA) is 78.5 Å². The van der Waals surface area contributed by atoms with Crippen LogP contribution in [0.1, 0.15) is 38.8 Å². The Morgan fingerprint density at radius 3 is 2.50 bits per heavy atom. The first-order valence-corrected chi connectivity index (χ1v) is 7.36. The number of amides is 4. The molecule has 22 heavy (non-hydrogen) atoms. The van der Waals surface area contributed by atoms with Crippen LogP contribution in [0.4, 0.5) is 4.79 Å². The number of nitrogens with one attached hydrogen (secondary N) is 2. The summed E-state index contributed by atoms with van der Waals surface area (Å²) in [4.78, 5) is 37.1. The maximum atomic E-state index is 12.2. The predicted molar refractivity (Wildman–Crippen MR) is 81.9 cm³/mol. The summed E-state index contributed by atoms with van der Waals surface area (Å²) in [7, 11) is 0. The van der Waals surface area contributed by atoms with Gasteiger partial charge in [-0.1, -0.05) is 37.3 Å². The molecule has 0 aliphatic carbocycles. The highest BCUT2D eigenvalue weighted by molar-refractivity contribution is 6.08. The number of hydrogen-bond donors (Lipinski definition) is 2. The van der Waals surface area contributed by atoms with Crippen LogP contribution >= 0.6 is 0 Å². The fourth-order valence-electron chi connectivity index (χ4n) is 2.39. The Bertz CT molecular complexity index is 588. The van der Waals surface area contributed by atoms with Gasteiger partial charge in [0.2, 0.25) is 5.91 Å². The molecular weight excluding hydrogens is 282 g/mol. The number of imide groups is 1. The van der Waals surface area contributed by atoms with Crippen molar-refractivity contribution in [3.63, 3.8) is 0 Å². The highest BCUT2D eigenvalue weighted by Gasteiger charge is 2.46. The van der Waals surface area contributed by atoms with E-state index in [0.29, 0.717) is 6.42 Å². The highest BCUT2D eigenvalue weighted by Crippen LogP contribution is 2.20. The van der Waals surface area contributed by atoms with Gasteiger partial charge in [0.05, 0.1) is 6.04 Å². The summed E-state index contributed by atoms with van der Waals surface area (Å²) in [6.07, 6.45) is 0.482. The lowest BCUT2D eigenvalue weighted by Gasteiger charge is -2.20. The second-order valence-corrected chi connectivity index (χ2v) is 5.71. The van der Waals surface area contributed by atoms with Crippen LogP contribution < -0.4 is 10.6 Å². The van der Waals surface area contributed by atoms with Gasteiger partial charge in [-0.05, 0) is 25.8 Å². The maximum Gasteiger partial charge on any atom is 0.325 e. The quantitative estimate of drug-likeness (QED) is 0.811. The van der Waals surface area contributed by atoms with Crippen LogP contribution in [0.15, 0.2) is 30.3 Å². The molecule has 2 rings (SSSR count). The molecule has 1 saturated heterocycles. The van der Waals surface area contributed by atoms with Gasteiger partial charge in [0.1, 0.15) is 12.1 Å². The largest absolute Gasteiger partial charge is 0.348 e. The molecule has 1 fully saturated rings. The summed E-state index contributed by atoms with van der Waals surface area (Å²) in [5.41, 5.74) is 0.0500. The van der Waals surface area contributed by atoms with Crippen LogP contribution in [-0.2, 0) is 9.59 Å². The third kappa shape index (κ3) is 3.10. The molecule has 0 aromatic heterocycles. The SMILES string of the molecule is CC[C@]1(C)NC(=O)N(CC(=O)N[C@@H](C)c2ccccc2)C1=O. The second kappa shape index (κ2) is 6.17. The van der Waals surface area contributed by atoms with E-state index in [2.05, 4.69) is 10.6 Å². The number of nitrogens with zero attached hydrogens (tertiary/aromatic N) is 1. The molecule has 118 valence electrons. The molecule has 0 unspecified atom stereocenters. The molecule has 2 N–H and O–H groups in total. The predicted octanol–water partition coefficient (Wildman–Crippen LogP) is 1.58. The first-order valence-electron chi connectivity index (χ1n) is 7.36. The van der Waals surface area contributed by atoms with Crippen molar-refractivity contribution in [2.45, 2.75) is 38.8 Å². The van der Waals surface area contributed by atoms with Crippen LogP contribution in [0.25, 0.3) is 0 Å². The third-order valence-electron chi connectivity index (χ3n) is 4.03. The van der Waals surface area contributed by atoms with E-state index in [1.165, 1.54) is 0 Å². The molecule has 1 heterocycles. The molecule has 1 aromatic rings. The smallest absolute Gasteiger partial charge is 0.325 e. The molecule has 6 heteroatoms. The van der Waals surface area contributed by atoms with Gasteiger partial charge in [-0.15, -0.1) is 0 Å². The number of benzene rings is 1. The van der Waals surface area contributed by atoms with Crippen molar-refractivity contribution in [3.8, 4) is 0 Å². The Kier molecular flexibility index (Phi) is 4.49. The molecule has 2 atom stereocenters. The van der Waals surface area contributed by atoms with Crippen molar-refractivity contribution in [3.05, 3.63) is 35.9 Å². The Morgan fingerprint density at radius 1 is 1.32 bits per heavy atom. The average Bonchev–Trinajstić information content (AvgIpc) is 2.72. The molecule has 1 aliphatic heterocycles. The molecule has 0 radical (unpaired) electrons. The fourth-order valence-corrected chi connectivity index (χ4v) is 2.39. The van der Waals surface area contributed by atoms with E-state index in [4.69, 9.17) is 0 Å². The van der Waals surface area contributed by atoms with Gasteiger partial charge < -0.3 is 10.6 Å². The fraction of sp³-hybridized carbons (Fsp3) is 0.438. The minimum absolute atomic E-state index is 0.188. The second-order valence-electron chi connectivity index (χ2n) is 5.71.